The van der Waals surface area contributed by atoms with Crippen LogP contribution in [0.3, 0.4) is 0 Å². The Morgan fingerprint density at radius 3 is 2.47 bits per heavy atom. The molecule has 1 aromatic rings. The van der Waals surface area contributed by atoms with Gasteiger partial charge in [0.25, 0.3) is 5.91 Å². The molecule has 0 spiro atoms. The number of hydrogen-bond donors (Lipinski definition) is 2. The fourth-order valence-corrected chi connectivity index (χ4v) is 2.23. The molecule has 0 aromatic carbocycles. The average Bonchev–Trinajstić information content (AvgIpc) is 2.77. The van der Waals surface area contributed by atoms with Gasteiger partial charge in [0.05, 0.1) is 6.61 Å². The van der Waals surface area contributed by atoms with Crippen molar-refractivity contribution in [3.8, 4) is 0 Å². The summed E-state index contributed by atoms with van der Waals surface area (Å²) in [7, 11) is 0. The molecular weight excluding hydrogens is 295 g/mol. The molecule has 19 heavy (non-hydrogen) atoms. The molecule has 2 N–H and O–H groups in total. The number of ether oxygens (including phenoxy) is 1. The number of carbonyl (C=O) groups is 2. The minimum Gasteiger partial charge on any atom is -0.479 e. The van der Waals surface area contributed by atoms with E-state index < -0.39 is 17.4 Å². The van der Waals surface area contributed by atoms with E-state index >= 15 is 0 Å². The number of nitrogens with zero attached hydrogens (tertiary/aromatic N) is 1. The van der Waals surface area contributed by atoms with Gasteiger partial charge >= 0.3 is 5.97 Å². The summed E-state index contributed by atoms with van der Waals surface area (Å²) >= 11 is 11.4. The number of carboxylic acid groups (broad SMARTS) is 1. The number of rotatable bonds is 3. The van der Waals surface area contributed by atoms with Crippen molar-refractivity contribution < 1.29 is 19.4 Å². The van der Waals surface area contributed by atoms with E-state index in [-0.39, 0.29) is 35.5 Å². The molecule has 0 aliphatic carbocycles. The fourth-order valence-electron chi connectivity index (χ4n) is 1.77. The van der Waals surface area contributed by atoms with Crippen LogP contribution in [0.4, 0.5) is 0 Å². The van der Waals surface area contributed by atoms with E-state index in [4.69, 9.17) is 27.9 Å². The zero-order valence-corrected chi connectivity index (χ0v) is 11.2. The van der Waals surface area contributed by atoms with Gasteiger partial charge in [-0.15, -0.1) is 0 Å². The summed E-state index contributed by atoms with van der Waals surface area (Å²) in [6, 6.07) is 2.63. The van der Waals surface area contributed by atoms with Gasteiger partial charge in [0.2, 0.25) is 0 Å². The highest BCUT2D eigenvalue weighted by Gasteiger charge is 2.44. The molecule has 0 saturated carbocycles. The molecule has 1 aromatic heterocycles. The zero-order chi connectivity index (χ0) is 14.0. The lowest BCUT2D eigenvalue weighted by atomic mass is 9.98. The SMILES string of the molecule is O=C(NC1(C(=O)O)CCOC1)c1cc(Cl)nc(Cl)c1. The summed E-state index contributed by atoms with van der Waals surface area (Å²) < 4.78 is 5.05. The van der Waals surface area contributed by atoms with Crippen LogP contribution in [0.15, 0.2) is 12.1 Å². The van der Waals surface area contributed by atoms with Crippen LogP contribution in [0.2, 0.25) is 10.3 Å². The first-order valence-electron chi connectivity index (χ1n) is 5.40. The Labute approximate surface area is 118 Å². The number of aromatic nitrogens is 1. The predicted molar refractivity (Wildman–Crippen MR) is 67.5 cm³/mol. The van der Waals surface area contributed by atoms with Crippen molar-refractivity contribution in [1.82, 2.24) is 10.3 Å². The second-order valence-corrected chi connectivity index (χ2v) is 4.92. The van der Waals surface area contributed by atoms with Gasteiger partial charge in [0, 0.05) is 18.6 Å². The summed E-state index contributed by atoms with van der Waals surface area (Å²) in [6.45, 7) is 0.213. The van der Waals surface area contributed by atoms with Gasteiger partial charge < -0.3 is 15.2 Å². The van der Waals surface area contributed by atoms with Gasteiger partial charge in [-0.25, -0.2) is 9.78 Å². The van der Waals surface area contributed by atoms with Crippen molar-refractivity contribution >= 4 is 35.1 Å². The summed E-state index contributed by atoms with van der Waals surface area (Å²) in [4.78, 5) is 27.0. The van der Waals surface area contributed by atoms with Crippen LogP contribution >= 0.6 is 23.2 Å². The molecule has 6 nitrogen and oxygen atoms in total. The zero-order valence-electron chi connectivity index (χ0n) is 9.65. The number of nitrogens with one attached hydrogen (secondary N) is 1. The monoisotopic (exact) mass is 304 g/mol. The highest BCUT2D eigenvalue weighted by atomic mass is 35.5. The molecule has 1 saturated heterocycles. The third-order valence-corrected chi connectivity index (χ3v) is 3.20. The second-order valence-electron chi connectivity index (χ2n) is 4.15. The molecule has 8 heteroatoms. The highest BCUT2D eigenvalue weighted by molar-refractivity contribution is 6.33. The van der Waals surface area contributed by atoms with Gasteiger partial charge in [0.1, 0.15) is 10.3 Å². The number of carbonyl (C=O) groups excluding carboxylic acids is 1. The lowest BCUT2D eigenvalue weighted by Gasteiger charge is -2.23. The van der Waals surface area contributed by atoms with Crippen molar-refractivity contribution in [3.63, 3.8) is 0 Å². The van der Waals surface area contributed by atoms with Gasteiger partial charge in [-0.3, -0.25) is 4.79 Å². The van der Waals surface area contributed by atoms with Crippen LogP contribution in [-0.4, -0.2) is 40.7 Å². The van der Waals surface area contributed by atoms with Crippen molar-refractivity contribution in [2.45, 2.75) is 12.0 Å². The fraction of sp³-hybridized carbons (Fsp3) is 0.364. The lowest BCUT2D eigenvalue weighted by Crippen LogP contribution is -2.55. The predicted octanol–water partition coefficient (Wildman–Crippen LogP) is 1.36. The van der Waals surface area contributed by atoms with Gasteiger partial charge in [-0.05, 0) is 12.1 Å². The molecule has 1 aliphatic heterocycles. The quantitative estimate of drug-likeness (QED) is 0.823. The molecule has 1 aliphatic rings. The van der Waals surface area contributed by atoms with E-state index in [1.807, 2.05) is 0 Å². The van der Waals surface area contributed by atoms with E-state index in [1.54, 1.807) is 0 Å². The average molecular weight is 305 g/mol. The van der Waals surface area contributed by atoms with Crippen LogP contribution in [-0.2, 0) is 9.53 Å². The first-order chi connectivity index (χ1) is 8.93. The molecule has 1 unspecified atom stereocenters. The Hall–Kier alpha value is -1.37. The molecule has 2 rings (SSSR count). The maximum Gasteiger partial charge on any atom is 0.331 e. The smallest absolute Gasteiger partial charge is 0.331 e. The third-order valence-electron chi connectivity index (χ3n) is 2.81. The van der Waals surface area contributed by atoms with Crippen molar-refractivity contribution in [3.05, 3.63) is 28.0 Å². The van der Waals surface area contributed by atoms with E-state index in [2.05, 4.69) is 10.3 Å². The summed E-state index contributed by atoms with van der Waals surface area (Å²) in [5, 5.41) is 11.8. The van der Waals surface area contributed by atoms with Crippen molar-refractivity contribution in [2.24, 2.45) is 0 Å². The van der Waals surface area contributed by atoms with E-state index in [9.17, 15) is 14.7 Å². The number of hydrogen-bond acceptors (Lipinski definition) is 4. The molecule has 102 valence electrons. The Bertz CT molecular complexity index is 509. The summed E-state index contributed by atoms with van der Waals surface area (Å²) in [5.41, 5.74) is -1.25. The van der Waals surface area contributed by atoms with Crippen LogP contribution < -0.4 is 5.32 Å². The van der Waals surface area contributed by atoms with Crippen molar-refractivity contribution in [2.75, 3.05) is 13.2 Å². The Balaban J connectivity index is 2.22. The van der Waals surface area contributed by atoms with Crippen LogP contribution in [0.5, 0.6) is 0 Å². The minimum atomic E-state index is -1.40. The highest BCUT2D eigenvalue weighted by Crippen LogP contribution is 2.21. The number of pyridine rings is 1. The minimum absolute atomic E-state index is 0.0599. The molecule has 2 heterocycles. The van der Waals surface area contributed by atoms with Gasteiger partial charge in [0.15, 0.2) is 5.54 Å². The Morgan fingerprint density at radius 1 is 1.37 bits per heavy atom. The van der Waals surface area contributed by atoms with Crippen LogP contribution in [0.1, 0.15) is 16.8 Å². The largest absolute Gasteiger partial charge is 0.479 e. The van der Waals surface area contributed by atoms with E-state index in [1.165, 1.54) is 12.1 Å². The van der Waals surface area contributed by atoms with E-state index in [0.717, 1.165) is 0 Å². The number of halogens is 2. The normalized spacial score (nSPS) is 22.2. The van der Waals surface area contributed by atoms with Crippen LogP contribution in [0, 0.1) is 0 Å². The number of amides is 1. The third kappa shape index (κ3) is 2.97. The first kappa shape index (κ1) is 14.0. The molecule has 0 bridgehead atoms. The molecule has 1 fully saturated rings. The Morgan fingerprint density at radius 2 is 2.00 bits per heavy atom. The first-order valence-corrected chi connectivity index (χ1v) is 6.15. The second kappa shape index (κ2) is 5.32. The molecule has 1 amide bonds. The Kier molecular flexibility index (Phi) is 3.93. The maximum atomic E-state index is 12.0. The van der Waals surface area contributed by atoms with Gasteiger partial charge in [-0.2, -0.15) is 0 Å². The number of aliphatic carboxylic acids is 1. The van der Waals surface area contributed by atoms with Crippen LogP contribution in [0.25, 0.3) is 0 Å². The summed E-state index contributed by atoms with van der Waals surface area (Å²) in [5.74, 6) is -1.72. The van der Waals surface area contributed by atoms with Crippen molar-refractivity contribution in [1.29, 1.82) is 0 Å². The lowest BCUT2D eigenvalue weighted by molar-refractivity contribution is -0.144. The number of carboxylic acids is 1. The molecule has 1 atom stereocenters. The van der Waals surface area contributed by atoms with E-state index in [0.29, 0.717) is 0 Å². The molecule has 0 radical (unpaired) electrons. The maximum absolute atomic E-state index is 12.0. The summed E-state index contributed by atoms with van der Waals surface area (Å²) in [6.07, 6.45) is 0.209. The topological polar surface area (TPSA) is 88.5 Å². The van der Waals surface area contributed by atoms with Gasteiger partial charge in [-0.1, -0.05) is 23.2 Å². The molecular formula is C11H10Cl2N2O4. The standard InChI is InChI=1S/C11H10Cl2N2O4/c12-7-3-6(4-8(13)14-7)9(16)15-11(10(17)18)1-2-19-5-11/h3-4H,1-2,5H2,(H,15,16)(H,17,18).